The van der Waals surface area contributed by atoms with E-state index in [4.69, 9.17) is 0 Å². The summed E-state index contributed by atoms with van der Waals surface area (Å²) in [6.45, 7) is 2.72. The summed E-state index contributed by atoms with van der Waals surface area (Å²) in [5.74, 6) is 0.0226. The number of rotatable bonds is 6. The van der Waals surface area contributed by atoms with Crippen LogP contribution < -0.4 is 10.6 Å². The third-order valence-corrected chi connectivity index (χ3v) is 3.21. The van der Waals surface area contributed by atoms with Crippen molar-refractivity contribution in [3.05, 3.63) is 65.5 Å². The minimum atomic E-state index is -0.284. The molecule has 0 saturated carbocycles. The van der Waals surface area contributed by atoms with Crippen LogP contribution in [0.15, 0.2) is 48.8 Å². The van der Waals surface area contributed by atoms with Gasteiger partial charge in [-0.05, 0) is 24.6 Å². The van der Waals surface area contributed by atoms with Crippen molar-refractivity contribution in [1.29, 1.82) is 0 Å². The zero-order valence-corrected chi connectivity index (χ0v) is 12.5. The molecule has 22 heavy (non-hydrogen) atoms. The molecule has 2 N–H and O–H groups in total. The predicted octanol–water partition coefficient (Wildman–Crippen LogP) is 2.46. The Kier molecular flexibility index (Phi) is 5.65. The number of pyridine rings is 1. The number of aromatic nitrogens is 1. The first kappa shape index (κ1) is 15.7. The van der Waals surface area contributed by atoms with Crippen molar-refractivity contribution in [2.45, 2.75) is 19.9 Å². The SMILES string of the molecule is Cc1ccc(C(=O)CCNC(=O)NCc2ccncc2)cc1. The molecule has 5 nitrogen and oxygen atoms in total. The molecule has 0 aliphatic carbocycles. The summed E-state index contributed by atoms with van der Waals surface area (Å²) in [6, 6.07) is 10.8. The zero-order valence-electron chi connectivity index (χ0n) is 12.5. The molecule has 1 aromatic heterocycles. The number of carbonyl (C=O) groups is 2. The smallest absolute Gasteiger partial charge is 0.315 e. The van der Waals surface area contributed by atoms with Crippen LogP contribution in [0.4, 0.5) is 4.79 Å². The number of urea groups is 1. The van der Waals surface area contributed by atoms with E-state index in [-0.39, 0.29) is 18.2 Å². The molecule has 0 spiro atoms. The first-order valence-corrected chi connectivity index (χ1v) is 7.15. The quantitative estimate of drug-likeness (QED) is 0.805. The number of hydrogen-bond donors (Lipinski definition) is 2. The molecule has 5 heteroatoms. The summed E-state index contributed by atoms with van der Waals surface area (Å²) in [4.78, 5) is 27.5. The second-order valence-electron chi connectivity index (χ2n) is 5.00. The topological polar surface area (TPSA) is 71.1 Å². The van der Waals surface area contributed by atoms with Gasteiger partial charge in [-0.3, -0.25) is 9.78 Å². The molecule has 0 unspecified atom stereocenters. The monoisotopic (exact) mass is 297 g/mol. The van der Waals surface area contributed by atoms with Crippen LogP contribution in [-0.2, 0) is 6.54 Å². The average molecular weight is 297 g/mol. The van der Waals surface area contributed by atoms with Crippen molar-refractivity contribution in [1.82, 2.24) is 15.6 Å². The molecule has 0 aliphatic heterocycles. The number of aryl methyl sites for hydroxylation is 1. The predicted molar refractivity (Wildman–Crippen MR) is 84.6 cm³/mol. The fourth-order valence-corrected chi connectivity index (χ4v) is 1.92. The molecule has 0 saturated heterocycles. The third kappa shape index (κ3) is 5.01. The number of carbonyl (C=O) groups excluding carboxylic acids is 2. The van der Waals surface area contributed by atoms with Gasteiger partial charge in [0.2, 0.25) is 0 Å². The number of nitrogens with zero attached hydrogens (tertiary/aromatic N) is 1. The van der Waals surface area contributed by atoms with E-state index in [0.29, 0.717) is 18.7 Å². The van der Waals surface area contributed by atoms with E-state index >= 15 is 0 Å². The van der Waals surface area contributed by atoms with E-state index in [1.807, 2.05) is 31.2 Å². The number of benzene rings is 1. The summed E-state index contributed by atoms with van der Waals surface area (Å²) in [7, 11) is 0. The van der Waals surface area contributed by atoms with Gasteiger partial charge >= 0.3 is 6.03 Å². The summed E-state index contributed by atoms with van der Waals surface area (Å²) in [5, 5.41) is 5.41. The van der Waals surface area contributed by atoms with Crippen molar-refractivity contribution in [3.8, 4) is 0 Å². The van der Waals surface area contributed by atoms with Gasteiger partial charge in [0.15, 0.2) is 5.78 Å². The molecular formula is C17H19N3O2. The van der Waals surface area contributed by atoms with Crippen molar-refractivity contribution < 1.29 is 9.59 Å². The fourth-order valence-electron chi connectivity index (χ4n) is 1.92. The third-order valence-electron chi connectivity index (χ3n) is 3.21. The van der Waals surface area contributed by atoms with Gasteiger partial charge < -0.3 is 10.6 Å². The molecule has 0 fully saturated rings. The lowest BCUT2D eigenvalue weighted by Crippen LogP contribution is -2.36. The minimum absolute atomic E-state index is 0.0226. The normalized spacial score (nSPS) is 10.0. The molecule has 2 aromatic rings. The van der Waals surface area contributed by atoms with Crippen LogP contribution in [0.1, 0.15) is 27.9 Å². The lowest BCUT2D eigenvalue weighted by molar-refractivity contribution is 0.0983. The number of ketones is 1. The van der Waals surface area contributed by atoms with Gasteiger partial charge in [-0.2, -0.15) is 0 Å². The van der Waals surface area contributed by atoms with E-state index in [9.17, 15) is 9.59 Å². The van der Waals surface area contributed by atoms with Gasteiger partial charge in [-0.1, -0.05) is 29.8 Å². The first-order chi connectivity index (χ1) is 10.6. The molecule has 0 aliphatic rings. The Morgan fingerprint density at radius 2 is 1.68 bits per heavy atom. The van der Waals surface area contributed by atoms with Crippen LogP contribution in [-0.4, -0.2) is 23.3 Å². The van der Waals surface area contributed by atoms with Crippen LogP contribution >= 0.6 is 0 Å². The highest BCUT2D eigenvalue weighted by molar-refractivity contribution is 5.96. The van der Waals surface area contributed by atoms with E-state index in [1.54, 1.807) is 24.5 Å². The Morgan fingerprint density at radius 3 is 2.36 bits per heavy atom. The Labute approximate surface area is 129 Å². The van der Waals surface area contributed by atoms with Crippen LogP contribution in [0.5, 0.6) is 0 Å². The Hall–Kier alpha value is -2.69. The van der Waals surface area contributed by atoms with E-state index in [0.717, 1.165) is 11.1 Å². The van der Waals surface area contributed by atoms with Crippen molar-refractivity contribution in [2.24, 2.45) is 0 Å². The molecule has 1 heterocycles. The maximum absolute atomic E-state index is 11.9. The van der Waals surface area contributed by atoms with Crippen molar-refractivity contribution in [3.63, 3.8) is 0 Å². The summed E-state index contributed by atoms with van der Waals surface area (Å²) in [5.41, 5.74) is 2.76. The molecule has 0 atom stereocenters. The molecule has 0 radical (unpaired) electrons. The summed E-state index contributed by atoms with van der Waals surface area (Å²) in [6.07, 6.45) is 3.63. The maximum Gasteiger partial charge on any atom is 0.315 e. The van der Waals surface area contributed by atoms with Gasteiger partial charge in [0.05, 0.1) is 0 Å². The summed E-state index contributed by atoms with van der Waals surface area (Å²) < 4.78 is 0. The largest absolute Gasteiger partial charge is 0.338 e. The second-order valence-corrected chi connectivity index (χ2v) is 5.00. The summed E-state index contributed by atoms with van der Waals surface area (Å²) >= 11 is 0. The highest BCUT2D eigenvalue weighted by atomic mass is 16.2. The Morgan fingerprint density at radius 1 is 1.00 bits per heavy atom. The Bertz CT molecular complexity index is 624. The molecule has 2 amide bonds. The van der Waals surface area contributed by atoms with Gasteiger partial charge in [0.1, 0.15) is 0 Å². The molecular weight excluding hydrogens is 278 g/mol. The average Bonchev–Trinajstić information content (AvgIpc) is 2.54. The van der Waals surface area contributed by atoms with E-state index in [1.165, 1.54) is 0 Å². The fraction of sp³-hybridized carbons (Fsp3) is 0.235. The lowest BCUT2D eigenvalue weighted by Gasteiger charge is -2.07. The number of hydrogen-bond acceptors (Lipinski definition) is 3. The lowest BCUT2D eigenvalue weighted by atomic mass is 10.1. The van der Waals surface area contributed by atoms with Crippen molar-refractivity contribution >= 4 is 11.8 Å². The molecule has 1 aromatic carbocycles. The number of amides is 2. The van der Waals surface area contributed by atoms with E-state index in [2.05, 4.69) is 15.6 Å². The number of nitrogens with one attached hydrogen (secondary N) is 2. The first-order valence-electron chi connectivity index (χ1n) is 7.15. The van der Waals surface area contributed by atoms with Crippen molar-refractivity contribution in [2.75, 3.05) is 6.54 Å². The van der Waals surface area contributed by atoms with Crippen LogP contribution in [0.25, 0.3) is 0 Å². The minimum Gasteiger partial charge on any atom is -0.338 e. The van der Waals surface area contributed by atoms with Gasteiger partial charge in [-0.25, -0.2) is 4.79 Å². The Balaban J connectivity index is 1.68. The molecule has 114 valence electrons. The highest BCUT2D eigenvalue weighted by Crippen LogP contribution is 2.05. The van der Waals surface area contributed by atoms with Crippen LogP contribution in [0.2, 0.25) is 0 Å². The van der Waals surface area contributed by atoms with Gasteiger partial charge in [-0.15, -0.1) is 0 Å². The van der Waals surface area contributed by atoms with Gasteiger partial charge in [0, 0.05) is 37.5 Å². The maximum atomic E-state index is 11.9. The molecule has 0 bridgehead atoms. The van der Waals surface area contributed by atoms with Crippen LogP contribution in [0, 0.1) is 6.92 Å². The number of Topliss-reactive ketones (excluding diaryl/α,β-unsaturated/α-hetero) is 1. The second kappa shape index (κ2) is 7.93. The zero-order chi connectivity index (χ0) is 15.8. The van der Waals surface area contributed by atoms with Gasteiger partial charge in [0.25, 0.3) is 0 Å². The molecule has 2 rings (SSSR count). The standard InChI is InChI=1S/C17H19N3O2/c1-13-2-4-15(5-3-13)16(21)8-11-19-17(22)20-12-14-6-9-18-10-7-14/h2-7,9-10H,8,11-12H2,1H3,(H2,19,20,22). The van der Waals surface area contributed by atoms with Crippen LogP contribution in [0.3, 0.4) is 0 Å². The van der Waals surface area contributed by atoms with E-state index < -0.39 is 0 Å². The highest BCUT2D eigenvalue weighted by Gasteiger charge is 2.06.